The van der Waals surface area contributed by atoms with Gasteiger partial charge in [-0.25, -0.2) is 0 Å². The molecule has 5 heteroatoms. The standard InChI is InChI=1S/C26H33N3O2/c1-2-3-4-11-25(30)27-22-12-13-24(23(18-22)26(31)28-15-7-8-16-28)29-17-14-20-9-5-6-10-21(20)19-29/h5-6,9-10,12-13,18H,2-4,7-8,11,14-17,19H2,1H3,(H,27,30). The third kappa shape index (κ3) is 5.09. The summed E-state index contributed by atoms with van der Waals surface area (Å²) in [6, 6.07) is 14.4. The average Bonchev–Trinajstić information content (AvgIpc) is 3.33. The first-order chi connectivity index (χ1) is 15.2. The van der Waals surface area contributed by atoms with E-state index in [4.69, 9.17) is 0 Å². The Labute approximate surface area is 185 Å². The lowest BCUT2D eigenvalue weighted by atomic mass is 9.98. The molecule has 2 amide bonds. The van der Waals surface area contributed by atoms with Crippen LogP contribution >= 0.6 is 0 Å². The van der Waals surface area contributed by atoms with Gasteiger partial charge in [0.15, 0.2) is 0 Å². The number of hydrogen-bond donors (Lipinski definition) is 1. The molecule has 2 aromatic carbocycles. The minimum Gasteiger partial charge on any atom is -0.366 e. The fraction of sp³-hybridized carbons (Fsp3) is 0.462. The van der Waals surface area contributed by atoms with Gasteiger partial charge in [0.05, 0.1) is 5.56 Å². The first-order valence-electron chi connectivity index (χ1n) is 11.7. The number of nitrogens with zero attached hydrogens (tertiary/aromatic N) is 2. The molecule has 0 atom stereocenters. The van der Waals surface area contributed by atoms with E-state index in [1.54, 1.807) is 0 Å². The number of fused-ring (bicyclic) bond motifs is 1. The summed E-state index contributed by atoms with van der Waals surface area (Å²) in [6.45, 7) is 5.45. The van der Waals surface area contributed by atoms with Gasteiger partial charge >= 0.3 is 0 Å². The molecule has 0 radical (unpaired) electrons. The van der Waals surface area contributed by atoms with Crippen molar-refractivity contribution < 1.29 is 9.59 Å². The van der Waals surface area contributed by atoms with E-state index in [0.717, 1.165) is 70.4 Å². The van der Waals surface area contributed by atoms with Gasteiger partial charge in [-0.05, 0) is 55.0 Å². The molecule has 4 rings (SSSR count). The van der Waals surface area contributed by atoms with Gasteiger partial charge in [0, 0.05) is 44.0 Å². The summed E-state index contributed by atoms with van der Waals surface area (Å²) < 4.78 is 0. The van der Waals surface area contributed by atoms with Crippen molar-refractivity contribution in [2.75, 3.05) is 29.9 Å². The summed E-state index contributed by atoms with van der Waals surface area (Å²) in [5, 5.41) is 3.00. The summed E-state index contributed by atoms with van der Waals surface area (Å²) in [6.07, 6.45) is 6.67. The summed E-state index contributed by atoms with van der Waals surface area (Å²) in [7, 11) is 0. The fourth-order valence-corrected chi connectivity index (χ4v) is 4.61. The zero-order chi connectivity index (χ0) is 21.6. The van der Waals surface area contributed by atoms with E-state index in [0.29, 0.717) is 17.7 Å². The van der Waals surface area contributed by atoms with E-state index < -0.39 is 0 Å². The van der Waals surface area contributed by atoms with Gasteiger partial charge in [0.25, 0.3) is 5.91 Å². The maximum Gasteiger partial charge on any atom is 0.256 e. The largest absolute Gasteiger partial charge is 0.366 e. The molecule has 5 nitrogen and oxygen atoms in total. The number of hydrogen-bond acceptors (Lipinski definition) is 3. The zero-order valence-corrected chi connectivity index (χ0v) is 18.5. The van der Waals surface area contributed by atoms with E-state index in [-0.39, 0.29) is 11.8 Å². The number of benzene rings is 2. The van der Waals surface area contributed by atoms with Crippen LogP contribution in [0, 0.1) is 0 Å². The second-order valence-corrected chi connectivity index (χ2v) is 8.68. The van der Waals surface area contributed by atoms with Crippen LogP contribution in [0.5, 0.6) is 0 Å². The summed E-state index contributed by atoms with van der Waals surface area (Å²) >= 11 is 0. The van der Waals surface area contributed by atoms with E-state index in [1.807, 2.05) is 23.1 Å². The molecular weight excluding hydrogens is 386 g/mol. The lowest BCUT2D eigenvalue weighted by Gasteiger charge is -2.33. The van der Waals surface area contributed by atoms with Crippen molar-refractivity contribution in [3.05, 3.63) is 59.2 Å². The Kier molecular flexibility index (Phi) is 6.90. The average molecular weight is 420 g/mol. The van der Waals surface area contributed by atoms with Crippen LogP contribution in [-0.2, 0) is 17.8 Å². The molecule has 0 saturated carbocycles. The first kappa shape index (κ1) is 21.4. The van der Waals surface area contributed by atoms with Gasteiger partial charge in [-0.2, -0.15) is 0 Å². The predicted molar refractivity (Wildman–Crippen MR) is 126 cm³/mol. The normalized spacial score (nSPS) is 15.6. The van der Waals surface area contributed by atoms with Gasteiger partial charge in [-0.3, -0.25) is 9.59 Å². The Morgan fingerprint density at radius 1 is 0.968 bits per heavy atom. The molecule has 31 heavy (non-hydrogen) atoms. The number of anilines is 2. The summed E-state index contributed by atoms with van der Waals surface area (Å²) in [4.78, 5) is 30.0. The molecule has 2 heterocycles. The molecule has 0 unspecified atom stereocenters. The second kappa shape index (κ2) is 9.99. The minimum absolute atomic E-state index is 0.0210. The molecule has 0 bridgehead atoms. The third-order valence-electron chi connectivity index (χ3n) is 6.38. The van der Waals surface area contributed by atoms with Crippen LogP contribution < -0.4 is 10.2 Å². The van der Waals surface area contributed by atoms with Crippen molar-refractivity contribution >= 4 is 23.2 Å². The maximum absolute atomic E-state index is 13.4. The van der Waals surface area contributed by atoms with Crippen molar-refractivity contribution in [1.29, 1.82) is 0 Å². The van der Waals surface area contributed by atoms with Crippen LogP contribution in [0.1, 0.15) is 66.9 Å². The van der Waals surface area contributed by atoms with Crippen LogP contribution in [0.25, 0.3) is 0 Å². The predicted octanol–water partition coefficient (Wildman–Crippen LogP) is 5.00. The van der Waals surface area contributed by atoms with Gasteiger partial charge in [-0.15, -0.1) is 0 Å². The molecule has 0 spiro atoms. The van der Waals surface area contributed by atoms with Gasteiger partial charge < -0.3 is 15.1 Å². The number of nitrogens with one attached hydrogen (secondary N) is 1. The van der Waals surface area contributed by atoms with Crippen LogP contribution in [-0.4, -0.2) is 36.3 Å². The number of carbonyl (C=O) groups is 2. The molecule has 0 aliphatic carbocycles. The van der Waals surface area contributed by atoms with Crippen LogP contribution in [0.4, 0.5) is 11.4 Å². The number of likely N-dealkylation sites (tertiary alicyclic amines) is 1. The number of unbranched alkanes of at least 4 members (excludes halogenated alkanes) is 2. The Morgan fingerprint density at radius 2 is 1.74 bits per heavy atom. The highest BCUT2D eigenvalue weighted by Gasteiger charge is 2.26. The molecular formula is C26H33N3O2. The third-order valence-corrected chi connectivity index (χ3v) is 6.38. The quantitative estimate of drug-likeness (QED) is 0.642. The van der Waals surface area contributed by atoms with Gasteiger partial charge in [0.2, 0.25) is 5.91 Å². The molecule has 2 aliphatic heterocycles. The van der Waals surface area contributed by atoms with Gasteiger partial charge in [-0.1, -0.05) is 44.0 Å². The highest BCUT2D eigenvalue weighted by atomic mass is 16.2. The molecule has 1 N–H and O–H groups in total. The summed E-state index contributed by atoms with van der Waals surface area (Å²) in [5.41, 5.74) is 5.09. The Hall–Kier alpha value is -2.82. The van der Waals surface area contributed by atoms with E-state index in [1.165, 1.54) is 11.1 Å². The lowest BCUT2D eigenvalue weighted by Crippen LogP contribution is -2.34. The molecule has 2 aliphatic rings. The molecule has 0 aromatic heterocycles. The number of rotatable bonds is 7. The topological polar surface area (TPSA) is 52.7 Å². The molecule has 164 valence electrons. The Bertz CT molecular complexity index is 934. The van der Waals surface area contributed by atoms with Crippen LogP contribution in [0.3, 0.4) is 0 Å². The monoisotopic (exact) mass is 419 g/mol. The van der Waals surface area contributed by atoms with Crippen molar-refractivity contribution in [2.24, 2.45) is 0 Å². The number of carbonyl (C=O) groups excluding carboxylic acids is 2. The van der Waals surface area contributed by atoms with Crippen molar-refractivity contribution in [2.45, 2.75) is 58.4 Å². The Balaban J connectivity index is 1.58. The molecule has 1 saturated heterocycles. The molecule has 2 aromatic rings. The summed E-state index contributed by atoms with van der Waals surface area (Å²) in [5.74, 6) is 0.0983. The fourth-order valence-electron chi connectivity index (χ4n) is 4.61. The SMILES string of the molecule is CCCCCC(=O)Nc1ccc(N2CCc3ccccc3C2)c(C(=O)N2CCCC2)c1. The highest BCUT2D eigenvalue weighted by molar-refractivity contribution is 6.02. The Morgan fingerprint density at radius 3 is 2.52 bits per heavy atom. The van der Waals surface area contributed by atoms with Crippen molar-refractivity contribution in [1.82, 2.24) is 4.90 Å². The smallest absolute Gasteiger partial charge is 0.256 e. The van der Waals surface area contributed by atoms with Crippen LogP contribution in [0.15, 0.2) is 42.5 Å². The zero-order valence-electron chi connectivity index (χ0n) is 18.5. The van der Waals surface area contributed by atoms with E-state index in [2.05, 4.69) is 41.4 Å². The van der Waals surface area contributed by atoms with E-state index >= 15 is 0 Å². The molecule has 1 fully saturated rings. The first-order valence-corrected chi connectivity index (χ1v) is 11.7. The van der Waals surface area contributed by atoms with E-state index in [9.17, 15) is 9.59 Å². The second-order valence-electron chi connectivity index (χ2n) is 8.68. The van der Waals surface area contributed by atoms with Gasteiger partial charge in [0.1, 0.15) is 0 Å². The highest BCUT2D eigenvalue weighted by Crippen LogP contribution is 2.31. The van der Waals surface area contributed by atoms with Crippen molar-refractivity contribution in [3.63, 3.8) is 0 Å². The minimum atomic E-state index is 0.0210. The maximum atomic E-state index is 13.4. The van der Waals surface area contributed by atoms with Crippen LogP contribution in [0.2, 0.25) is 0 Å². The van der Waals surface area contributed by atoms with Crippen molar-refractivity contribution in [3.8, 4) is 0 Å². The number of amides is 2. The lowest BCUT2D eigenvalue weighted by molar-refractivity contribution is -0.116.